The number of amides is 4. The van der Waals surface area contributed by atoms with Gasteiger partial charge in [0.15, 0.2) is 0 Å². The van der Waals surface area contributed by atoms with E-state index in [9.17, 15) is 14.4 Å². The van der Waals surface area contributed by atoms with Crippen LogP contribution in [0.3, 0.4) is 0 Å². The molecule has 8 heteroatoms. The Morgan fingerprint density at radius 3 is 2.45 bits per heavy atom. The molecule has 0 aliphatic rings. The standard InChI is InChI=1S/C12H24N4O4/c1-4-13-12(19)16-11(18)9(2)14-6-5-10(17)15-7-8-20-3/h9,14H,4-8H2,1-3H3,(H,15,17)(H2,13,16,18,19). The molecule has 0 aliphatic carbocycles. The van der Waals surface area contributed by atoms with Crippen LogP contribution in [-0.4, -0.2) is 57.2 Å². The Labute approximate surface area is 119 Å². The fourth-order valence-electron chi connectivity index (χ4n) is 1.30. The van der Waals surface area contributed by atoms with Crippen LogP contribution in [0.15, 0.2) is 0 Å². The van der Waals surface area contributed by atoms with Crippen LogP contribution in [0.1, 0.15) is 20.3 Å². The van der Waals surface area contributed by atoms with E-state index in [1.807, 2.05) is 0 Å². The summed E-state index contributed by atoms with van der Waals surface area (Å²) >= 11 is 0. The number of urea groups is 1. The van der Waals surface area contributed by atoms with Gasteiger partial charge in [-0.2, -0.15) is 0 Å². The highest BCUT2D eigenvalue weighted by Gasteiger charge is 2.14. The molecule has 4 amide bonds. The van der Waals surface area contributed by atoms with Crippen LogP contribution in [0.2, 0.25) is 0 Å². The SMILES string of the molecule is CCNC(=O)NC(=O)C(C)NCCC(=O)NCCOC. The number of hydrogen-bond acceptors (Lipinski definition) is 5. The minimum Gasteiger partial charge on any atom is -0.383 e. The Balaban J connectivity index is 3.75. The van der Waals surface area contributed by atoms with Gasteiger partial charge in [-0.25, -0.2) is 4.79 Å². The highest BCUT2D eigenvalue weighted by atomic mass is 16.5. The number of hydrogen-bond donors (Lipinski definition) is 4. The normalized spacial score (nSPS) is 11.6. The first-order valence-corrected chi connectivity index (χ1v) is 6.59. The van der Waals surface area contributed by atoms with Crippen LogP contribution in [0.5, 0.6) is 0 Å². The van der Waals surface area contributed by atoms with E-state index in [-0.39, 0.29) is 12.3 Å². The Hall–Kier alpha value is -1.67. The highest BCUT2D eigenvalue weighted by Crippen LogP contribution is 1.85. The third-order valence-electron chi connectivity index (χ3n) is 2.40. The van der Waals surface area contributed by atoms with Gasteiger partial charge in [0.25, 0.3) is 0 Å². The lowest BCUT2D eigenvalue weighted by molar-refractivity contribution is -0.123. The first-order valence-electron chi connectivity index (χ1n) is 6.59. The van der Waals surface area contributed by atoms with Crippen molar-refractivity contribution in [2.45, 2.75) is 26.3 Å². The number of carbonyl (C=O) groups is 3. The number of rotatable bonds is 9. The minimum atomic E-state index is -0.551. The predicted octanol–water partition coefficient (Wildman–Crippen LogP) is -1.04. The van der Waals surface area contributed by atoms with E-state index in [0.29, 0.717) is 26.2 Å². The molecule has 0 spiro atoms. The smallest absolute Gasteiger partial charge is 0.321 e. The van der Waals surface area contributed by atoms with Crippen molar-refractivity contribution in [2.24, 2.45) is 0 Å². The lowest BCUT2D eigenvalue weighted by Gasteiger charge is -2.13. The molecule has 0 saturated heterocycles. The molecule has 0 saturated carbocycles. The summed E-state index contributed by atoms with van der Waals surface area (Å²) in [6.45, 7) is 5.10. The zero-order valence-corrected chi connectivity index (χ0v) is 12.2. The fourth-order valence-corrected chi connectivity index (χ4v) is 1.30. The van der Waals surface area contributed by atoms with Gasteiger partial charge in [0.2, 0.25) is 11.8 Å². The summed E-state index contributed by atoms with van der Waals surface area (Å²) in [5.74, 6) is -0.554. The Bertz CT molecular complexity index is 323. The van der Waals surface area contributed by atoms with E-state index in [0.717, 1.165) is 0 Å². The number of methoxy groups -OCH3 is 1. The molecule has 0 aromatic rings. The number of carbonyl (C=O) groups excluding carboxylic acids is 3. The first-order chi connectivity index (χ1) is 9.51. The second-order valence-corrected chi connectivity index (χ2v) is 4.12. The van der Waals surface area contributed by atoms with Crippen molar-refractivity contribution < 1.29 is 19.1 Å². The molecule has 0 radical (unpaired) electrons. The summed E-state index contributed by atoms with van der Waals surface area (Å²) < 4.78 is 4.80. The maximum Gasteiger partial charge on any atom is 0.321 e. The first kappa shape index (κ1) is 18.3. The van der Waals surface area contributed by atoms with Gasteiger partial charge in [-0.15, -0.1) is 0 Å². The Morgan fingerprint density at radius 1 is 1.15 bits per heavy atom. The zero-order chi connectivity index (χ0) is 15.4. The average molecular weight is 288 g/mol. The van der Waals surface area contributed by atoms with Crippen molar-refractivity contribution in [1.82, 2.24) is 21.3 Å². The van der Waals surface area contributed by atoms with Crippen molar-refractivity contribution in [3.63, 3.8) is 0 Å². The highest BCUT2D eigenvalue weighted by molar-refractivity contribution is 5.96. The summed E-state index contributed by atoms with van der Waals surface area (Å²) in [5.41, 5.74) is 0. The molecular weight excluding hydrogens is 264 g/mol. The van der Waals surface area contributed by atoms with Gasteiger partial charge >= 0.3 is 6.03 Å². The number of nitrogens with one attached hydrogen (secondary N) is 4. The Morgan fingerprint density at radius 2 is 1.85 bits per heavy atom. The predicted molar refractivity (Wildman–Crippen MR) is 74.2 cm³/mol. The maximum absolute atomic E-state index is 11.6. The van der Waals surface area contributed by atoms with E-state index < -0.39 is 18.0 Å². The maximum atomic E-state index is 11.6. The molecule has 0 bridgehead atoms. The average Bonchev–Trinajstić information content (AvgIpc) is 2.39. The molecule has 0 aromatic heterocycles. The van der Waals surface area contributed by atoms with Crippen LogP contribution in [0, 0.1) is 0 Å². The molecule has 0 heterocycles. The number of ether oxygens (including phenoxy) is 1. The van der Waals surface area contributed by atoms with Crippen LogP contribution in [0.25, 0.3) is 0 Å². The van der Waals surface area contributed by atoms with Gasteiger partial charge in [-0.05, 0) is 13.8 Å². The quantitative estimate of drug-likeness (QED) is 0.405. The van der Waals surface area contributed by atoms with Crippen molar-refractivity contribution in [1.29, 1.82) is 0 Å². The largest absolute Gasteiger partial charge is 0.383 e. The van der Waals surface area contributed by atoms with Gasteiger partial charge in [0.1, 0.15) is 0 Å². The number of imide groups is 1. The van der Waals surface area contributed by atoms with Crippen LogP contribution >= 0.6 is 0 Å². The van der Waals surface area contributed by atoms with Crippen molar-refractivity contribution in [3.8, 4) is 0 Å². The third kappa shape index (κ3) is 9.29. The lowest BCUT2D eigenvalue weighted by Crippen LogP contribution is -2.48. The molecule has 20 heavy (non-hydrogen) atoms. The second-order valence-electron chi connectivity index (χ2n) is 4.12. The fraction of sp³-hybridized carbons (Fsp3) is 0.750. The van der Waals surface area contributed by atoms with Gasteiger partial charge in [0.05, 0.1) is 12.6 Å². The van der Waals surface area contributed by atoms with Crippen LogP contribution in [0.4, 0.5) is 4.79 Å². The van der Waals surface area contributed by atoms with E-state index in [4.69, 9.17) is 4.74 Å². The monoisotopic (exact) mass is 288 g/mol. The molecule has 8 nitrogen and oxygen atoms in total. The molecular formula is C12H24N4O4. The van der Waals surface area contributed by atoms with E-state index in [2.05, 4.69) is 21.3 Å². The van der Waals surface area contributed by atoms with Gasteiger partial charge in [0, 0.05) is 33.2 Å². The van der Waals surface area contributed by atoms with Gasteiger partial charge in [-0.1, -0.05) is 0 Å². The van der Waals surface area contributed by atoms with Crippen molar-refractivity contribution >= 4 is 17.8 Å². The molecule has 0 fully saturated rings. The summed E-state index contributed by atoms with van der Waals surface area (Å²) in [7, 11) is 1.56. The van der Waals surface area contributed by atoms with E-state index in [1.165, 1.54) is 0 Å². The van der Waals surface area contributed by atoms with Crippen molar-refractivity contribution in [2.75, 3.05) is 33.4 Å². The van der Waals surface area contributed by atoms with Crippen molar-refractivity contribution in [3.05, 3.63) is 0 Å². The van der Waals surface area contributed by atoms with E-state index >= 15 is 0 Å². The molecule has 1 atom stereocenters. The topological polar surface area (TPSA) is 109 Å². The molecule has 4 N–H and O–H groups in total. The Kier molecular flexibility index (Phi) is 10.2. The molecule has 0 aliphatic heterocycles. The second kappa shape index (κ2) is 11.2. The third-order valence-corrected chi connectivity index (χ3v) is 2.40. The lowest BCUT2D eigenvalue weighted by atomic mass is 10.3. The molecule has 0 rings (SSSR count). The van der Waals surface area contributed by atoms with E-state index in [1.54, 1.807) is 21.0 Å². The summed E-state index contributed by atoms with van der Waals surface area (Å²) in [4.78, 5) is 34.1. The van der Waals surface area contributed by atoms with Crippen LogP contribution in [-0.2, 0) is 14.3 Å². The molecule has 1 unspecified atom stereocenters. The summed E-state index contributed by atoms with van der Waals surface area (Å²) in [6.07, 6.45) is 0.252. The zero-order valence-electron chi connectivity index (χ0n) is 12.2. The summed E-state index contributed by atoms with van der Waals surface area (Å²) in [6, 6.07) is -1.08. The van der Waals surface area contributed by atoms with Crippen LogP contribution < -0.4 is 21.3 Å². The van der Waals surface area contributed by atoms with Gasteiger partial charge < -0.3 is 20.7 Å². The molecule has 0 aromatic carbocycles. The summed E-state index contributed by atoms with van der Waals surface area (Å²) in [5, 5.41) is 10.2. The van der Waals surface area contributed by atoms with Gasteiger partial charge in [-0.3, -0.25) is 14.9 Å². The minimum absolute atomic E-state index is 0.120. The molecule has 116 valence electrons.